The van der Waals surface area contributed by atoms with Crippen LogP contribution in [-0.4, -0.2) is 73.1 Å². The zero-order valence-corrected chi connectivity index (χ0v) is 16.9. The zero-order chi connectivity index (χ0) is 20.1. The number of hydrogen-bond acceptors (Lipinski definition) is 5. The molecule has 2 unspecified atom stereocenters. The molecule has 0 radical (unpaired) electrons. The Morgan fingerprint density at radius 1 is 1.29 bits per heavy atom. The van der Waals surface area contributed by atoms with Gasteiger partial charge in [0.05, 0.1) is 0 Å². The molecule has 154 valence electrons. The van der Waals surface area contributed by atoms with Crippen molar-refractivity contribution in [3.63, 3.8) is 0 Å². The van der Waals surface area contributed by atoms with Crippen molar-refractivity contribution in [2.45, 2.75) is 50.9 Å². The number of methoxy groups -OCH3 is 1. The average molecular weight is 389 g/mol. The minimum absolute atomic E-state index is 0.00535. The monoisotopic (exact) mass is 388 g/mol. The molecule has 3 N–H and O–H groups in total. The largest absolute Gasteiger partial charge is 0.375 e. The van der Waals surface area contributed by atoms with Gasteiger partial charge in [-0.05, 0) is 37.3 Å². The first kappa shape index (κ1) is 20.8. The molecule has 3 rings (SSSR count). The van der Waals surface area contributed by atoms with Crippen LogP contribution in [0.1, 0.15) is 30.4 Å². The molecule has 2 aliphatic rings. The molecule has 0 bridgehead atoms. The minimum Gasteiger partial charge on any atom is -0.375 e. The Bertz CT molecular complexity index is 692. The van der Waals surface area contributed by atoms with Gasteiger partial charge in [-0.1, -0.05) is 24.3 Å². The smallest absolute Gasteiger partial charge is 0.249 e. The fourth-order valence-electron chi connectivity index (χ4n) is 4.04. The normalized spacial score (nSPS) is 21.9. The van der Waals surface area contributed by atoms with Gasteiger partial charge in [0.2, 0.25) is 11.8 Å². The highest BCUT2D eigenvalue weighted by molar-refractivity contribution is 5.88. The highest BCUT2D eigenvalue weighted by Crippen LogP contribution is 2.35. The lowest BCUT2D eigenvalue weighted by Gasteiger charge is -2.29. The Morgan fingerprint density at radius 2 is 2.04 bits per heavy atom. The highest BCUT2D eigenvalue weighted by Gasteiger charge is 2.44. The summed E-state index contributed by atoms with van der Waals surface area (Å²) < 4.78 is 5.04. The van der Waals surface area contributed by atoms with E-state index in [0.29, 0.717) is 32.1 Å². The Kier molecular flexibility index (Phi) is 7.04. The molecule has 1 saturated heterocycles. The highest BCUT2D eigenvalue weighted by atomic mass is 16.5. The molecule has 7 heteroatoms. The van der Waals surface area contributed by atoms with E-state index in [4.69, 9.17) is 10.5 Å². The third kappa shape index (κ3) is 4.90. The third-order valence-electron chi connectivity index (χ3n) is 5.71. The molecule has 0 aromatic heterocycles. The van der Waals surface area contributed by atoms with Crippen LogP contribution in [0.5, 0.6) is 0 Å². The summed E-state index contributed by atoms with van der Waals surface area (Å²) in [6.45, 7) is 4.34. The molecule has 2 fully saturated rings. The van der Waals surface area contributed by atoms with Crippen LogP contribution in [-0.2, 0) is 20.9 Å². The summed E-state index contributed by atoms with van der Waals surface area (Å²) in [5.74, 6) is -0.256. The number of likely N-dealkylation sites (tertiary alicyclic amines) is 1. The van der Waals surface area contributed by atoms with Crippen LogP contribution >= 0.6 is 0 Å². The number of amides is 2. The predicted molar refractivity (Wildman–Crippen MR) is 108 cm³/mol. The number of nitrogens with two attached hydrogens (primary N) is 1. The van der Waals surface area contributed by atoms with Gasteiger partial charge >= 0.3 is 0 Å². The summed E-state index contributed by atoms with van der Waals surface area (Å²) in [6.07, 6.45) is 3.01. The van der Waals surface area contributed by atoms with E-state index in [0.717, 1.165) is 6.54 Å². The van der Waals surface area contributed by atoms with Crippen molar-refractivity contribution in [1.29, 1.82) is 0 Å². The molecule has 1 heterocycles. The maximum absolute atomic E-state index is 12.7. The first-order chi connectivity index (χ1) is 13.5. The number of hydrogen-bond donors (Lipinski definition) is 2. The molecule has 28 heavy (non-hydrogen) atoms. The van der Waals surface area contributed by atoms with E-state index in [1.54, 1.807) is 4.90 Å². The van der Waals surface area contributed by atoms with Crippen LogP contribution < -0.4 is 11.1 Å². The SMILES string of the molecule is COCC(=O)N1CC(N(Cc2ccccc2C)C2CC2)CC1C(=O)NCCN. The van der Waals surface area contributed by atoms with Gasteiger partial charge in [-0.2, -0.15) is 0 Å². The Morgan fingerprint density at radius 3 is 2.68 bits per heavy atom. The average Bonchev–Trinajstić information content (AvgIpc) is 3.43. The second kappa shape index (κ2) is 9.49. The lowest BCUT2D eigenvalue weighted by Crippen LogP contribution is -2.48. The molecule has 2 amide bonds. The van der Waals surface area contributed by atoms with Crippen molar-refractivity contribution >= 4 is 11.8 Å². The van der Waals surface area contributed by atoms with Crippen molar-refractivity contribution in [3.05, 3.63) is 35.4 Å². The van der Waals surface area contributed by atoms with Gasteiger partial charge in [-0.25, -0.2) is 0 Å². The quantitative estimate of drug-likeness (QED) is 0.649. The van der Waals surface area contributed by atoms with Gasteiger partial charge in [0.15, 0.2) is 0 Å². The predicted octanol–water partition coefficient (Wildman–Crippen LogP) is 0.650. The fourth-order valence-corrected chi connectivity index (χ4v) is 4.04. The van der Waals surface area contributed by atoms with Crippen molar-refractivity contribution in [2.75, 3.05) is 33.4 Å². The maximum Gasteiger partial charge on any atom is 0.249 e. The molecule has 2 atom stereocenters. The standard InChI is InChI=1S/C21H32N4O3/c1-15-5-3-4-6-16(15)12-24(17-7-8-17)18-11-19(21(27)23-10-9-22)25(13-18)20(26)14-28-2/h3-6,17-19H,7-14,22H2,1-2H3,(H,23,27). The molecule has 1 aromatic rings. The van der Waals surface area contributed by atoms with E-state index in [9.17, 15) is 9.59 Å². The second-order valence-corrected chi connectivity index (χ2v) is 7.79. The summed E-state index contributed by atoms with van der Waals surface area (Å²) in [6, 6.07) is 8.66. The topological polar surface area (TPSA) is 87.9 Å². The van der Waals surface area contributed by atoms with Gasteiger partial charge < -0.3 is 20.7 Å². The minimum atomic E-state index is -0.461. The van der Waals surface area contributed by atoms with Gasteiger partial charge in [-0.3, -0.25) is 14.5 Å². The van der Waals surface area contributed by atoms with E-state index < -0.39 is 6.04 Å². The molecule has 1 aromatic carbocycles. The first-order valence-electron chi connectivity index (χ1n) is 10.1. The molecule has 1 aliphatic heterocycles. The number of ether oxygens (including phenoxy) is 1. The molecule has 1 aliphatic carbocycles. The van der Waals surface area contributed by atoms with Crippen LogP contribution in [0.3, 0.4) is 0 Å². The van der Waals surface area contributed by atoms with Crippen LogP contribution in [0.25, 0.3) is 0 Å². The Balaban J connectivity index is 1.76. The zero-order valence-electron chi connectivity index (χ0n) is 16.9. The first-order valence-corrected chi connectivity index (χ1v) is 10.1. The van der Waals surface area contributed by atoms with Crippen LogP contribution in [0.15, 0.2) is 24.3 Å². The van der Waals surface area contributed by atoms with Crippen molar-refractivity contribution in [2.24, 2.45) is 5.73 Å². The Hall–Kier alpha value is -1.96. The van der Waals surface area contributed by atoms with E-state index in [1.165, 1.54) is 31.1 Å². The fraction of sp³-hybridized carbons (Fsp3) is 0.619. The van der Waals surface area contributed by atoms with Crippen LogP contribution in [0, 0.1) is 6.92 Å². The van der Waals surface area contributed by atoms with Crippen LogP contribution in [0.4, 0.5) is 0 Å². The summed E-state index contributed by atoms with van der Waals surface area (Å²) in [4.78, 5) is 29.4. The summed E-state index contributed by atoms with van der Waals surface area (Å²) in [7, 11) is 1.50. The van der Waals surface area contributed by atoms with Crippen molar-refractivity contribution < 1.29 is 14.3 Å². The Labute approximate surface area is 167 Å². The summed E-state index contributed by atoms with van der Waals surface area (Å²) in [5.41, 5.74) is 8.10. The van der Waals surface area contributed by atoms with E-state index in [-0.39, 0.29) is 24.5 Å². The van der Waals surface area contributed by atoms with E-state index in [1.807, 2.05) is 0 Å². The lowest BCUT2D eigenvalue weighted by atomic mass is 10.1. The summed E-state index contributed by atoms with van der Waals surface area (Å²) in [5, 5.41) is 2.85. The van der Waals surface area contributed by atoms with Gasteiger partial charge in [0.25, 0.3) is 0 Å². The number of aryl methyl sites for hydroxylation is 1. The maximum atomic E-state index is 12.7. The number of nitrogens with one attached hydrogen (secondary N) is 1. The second-order valence-electron chi connectivity index (χ2n) is 7.79. The molecule has 7 nitrogen and oxygen atoms in total. The number of carbonyl (C=O) groups excluding carboxylic acids is 2. The van der Waals surface area contributed by atoms with E-state index in [2.05, 4.69) is 41.4 Å². The van der Waals surface area contributed by atoms with Gasteiger partial charge in [0.1, 0.15) is 12.6 Å². The molecular formula is C21H32N4O3. The number of rotatable bonds is 9. The molecule has 1 saturated carbocycles. The summed E-state index contributed by atoms with van der Waals surface area (Å²) >= 11 is 0. The molecule has 0 spiro atoms. The number of carbonyl (C=O) groups is 2. The lowest BCUT2D eigenvalue weighted by molar-refractivity contribution is -0.141. The van der Waals surface area contributed by atoms with Crippen molar-refractivity contribution in [1.82, 2.24) is 15.1 Å². The van der Waals surface area contributed by atoms with Crippen LogP contribution in [0.2, 0.25) is 0 Å². The third-order valence-corrected chi connectivity index (χ3v) is 5.71. The van der Waals surface area contributed by atoms with E-state index >= 15 is 0 Å². The molecular weight excluding hydrogens is 356 g/mol. The van der Waals surface area contributed by atoms with Crippen molar-refractivity contribution in [3.8, 4) is 0 Å². The van der Waals surface area contributed by atoms with Gasteiger partial charge in [0, 0.05) is 45.4 Å². The number of benzene rings is 1. The number of nitrogens with zero attached hydrogens (tertiary/aromatic N) is 2. The van der Waals surface area contributed by atoms with Gasteiger partial charge in [-0.15, -0.1) is 0 Å².